The molecule has 1 aromatic carbocycles. The molecule has 0 saturated heterocycles. The number of Topliss-reactive ketones (excluding diaryl/α,β-unsaturated/α-hetero) is 1. The van der Waals surface area contributed by atoms with Gasteiger partial charge < -0.3 is 0 Å². The highest BCUT2D eigenvalue weighted by atomic mass is 32.2. The minimum Gasteiger partial charge on any atom is -0.293 e. The van der Waals surface area contributed by atoms with Gasteiger partial charge in [-0.05, 0) is 18.6 Å². The lowest BCUT2D eigenvalue weighted by atomic mass is 10.1. The second-order valence-corrected chi connectivity index (χ2v) is 5.33. The van der Waals surface area contributed by atoms with Crippen molar-refractivity contribution in [2.45, 2.75) is 19.8 Å². The van der Waals surface area contributed by atoms with E-state index >= 15 is 0 Å². The van der Waals surface area contributed by atoms with Gasteiger partial charge in [-0.3, -0.25) is 9.00 Å². The lowest BCUT2D eigenvalue weighted by Crippen LogP contribution is -2.13. The molecule has 90 valence electrons. The van der Waals surface area contributed by atoms with E-state index in [2.05, 4.69) is 0 Å². The minimum atomic E-state index is -1.07. The van der Waals surface area contributed by atoms with E-state index in [9.17, 15) is 9.00 Å². The largest absolute Gasteiger partial charge is 0.293 e. The van der Waals surface area contributed by atoms with Gasteiger partial charge in [0.05, 0.1) is 17.4 Å². The number of nitrogens with zero attached hydrogens (tertiary/aromatic N) is 1. The number of nitriles is 1. The van der Waals surface area contributed by atoms with Gasteiger partial charge in [-0.25, -0.2) is 0 Å². The number of benzene rings is 1. The summed E-state index contributed by atoms with van der Waals surface area (Å²) >= 11 is 0. The van der Waals surface area contributed by atoms with Crippen LogP contribution in [0.25, 0.3) is 0 Å². The van der Waals surface area contributed by atoms with Crippen molar-refractivity contribution in [3.05, 3.63) is 35.4 Å². The minimum absolute atomic E-state index is 0.0753. The molecule has 1 rings (SSSR count). The number of unbranched alkanes of at least 4 members (excludes halogenated alkanes) is 1. The highest BCUT2D eigenvalue weighted by Gasteiger charge is 2.10. The molecule has 1 atom stereocenters. The van der Waals surface area contributed by atoms with E-state index in [-0.39, 0.29) is 11.5 Å². The Hall–Kier alpha value is -1.47. The summed E-state index contributed by atoms with van der Waals surface area (Å²) in [6, 6.07) is 8.41. The van der Waals surface area contributed by atoms with Gasteiger partial charge in [0.25, 0.3) is 0 Å². The molecule has 0 fully saturated rings. The summed E-state index contributed by atoms with van der Waals surface area (Å²) in [4.78, 5) is 11.7. The Morgan fingerprint density at radius 3 is 2.53 bits per heavy atom. The van der Waals surface area contributed by atoms with Crippen molar-refractivity contribution in [3.63, 3.8) is 0 Å². The molecule has 0 heterocycles. The van der Waals surface area contributed by atoms with Crippen LogP contribution in [0.4, 0.5) is 0 Å². The predicted octanol–water partition coefficient (Wildman–Crippen LogP) is 2.29. The molecule has 1 aromatic rings. The molecule has 17 heavy (non-hydrogen) atoms. The second kappa shape index (κ2) is 6.97. The van der Waals surface area contributed by atoms with Gasteiger partial charge in [-0.15, -0.1) is 0 Å². The van der Waals surface area contributed by atoms with Crippen LogP contribution < -0.4 is 0 Å². The van der Waals surface area contributed by atoms with Crippen LogP contribution in [0.1, 0.15) is 35.7 Å². The van der Waals surface area contributed by atoms with Gasteiger partial charge in [0.15, 0.2) is 5.78 Å². The van der Waals surface area contributed by atoms with Crippen LogP contribution in [0.3, 0.4) is 0 Å². The van der Waals surface area contributed by atoms with Gasteiger partial charge in [0.1, 0.15) is 0 Å². The number of carbonyl (C=O) groups excluding carboxylic acids is 1. The maximum atomic E-state index is 11.7. The molecule has 0 radical (unpaired) electrons. The molecule has 0 aliphatic heterocycles. The van der Waals surface area contributed by atoms with Crippen LogP contribution in [0, 0.1) is 11.3 Å². The van der Waals surface area contributed by atoms with Crippen molar-refractivity contribution in [2.75, 3.05) is 11.5 Å². The second-order valence-electron chi connectivity index (χ2n) is 3.75. The van der Waals surface area contributed by atoms with E-state index < -0.39 is 10.8 Å². The quantitative estimate of drug-likeness (QED) is 0.727. The zero-order valence-electron chi connectivity index (χ0n) is 9.81. The zero-order chi connectivity index (χ0) is 12.7. The standard InChI is InChI=1S/C13H15NO2S/c1-2-3-8-17(16)10-13(15)12-6-4-11(9-14)5-7-12/h4-7H,2-3,8,10H2,1H3. The number of ketones is 1. The van der Waals surface area contributed by atoms with E-state index in [1.807, 2.05) is 13.0 Å². The zero-order valence-corrected chi connectivity index (χ0v) is 10.6. The van der Waals surface area contributed by atoms with E-state index in [0.29, 0.717) is 16.9 Å². The van der Waals surface area contributed by atoms with Gasteiger partial charge in [-0.1, -0.05) is 25.5 Å². The van der Waals surface area contributed by atoms with Gasteiger partial charge in [-0.2, -0.15) is 5.26 Å². The van der Waals surface area contributed by atoms with Crippen molar-refractivity contribution in [1.29, 1.82) is 5.26 Å². The molecule has 0 saturated carbocycles. The monoisotopic (exact) mass is 249 g/mol. The molecular formula is C13H15NO2S. The van der Waals surface area contributed by atoms with Crippen molar-refractivity contribution in [3.8, 4) is 6.07 Å². The molecule has 0 aliphatic carbocycles. The summed E-state index contributed by atoms with van der Waals surface area (Å²) in [5, 5.41) is 8.63. The van der Waals surface area contributed by atoms with E-state index in [1.54, 1.807) is 24.3 Å². The van der Waals surface area contributed by atoms with Crippen LogP contribution in [-0.4, -0.2) is 21.5 Å². The molecule has 0 spiro atoms. The fourth-order valence-corrected chi connectivity index (χ4v) is 2.55. The Kier molecular flexibility index (Phi) is 5.58. The Morgan fingerprint density at radius 1 is 1.35 bits per heavy atom. The Bertz CT molecular complexity index is 445. The first-order chi connectivity index (χ1) is 8.17. The Morgan fingerprint density at radius 2 is 2.00 bits per heavy atom. The average molecular weight is 249 g/mol. The molecule has 0 bridgehead atoms. The van der Waals surface area contributed by atoms with Gasteiger partial charge >= 0.3 is 0 Å². The first kappa shape index (κ1) is 13.6. The van der Waals surface area contributed by atoms with Crippen LogP contribution in [0.2, 0.25) is 0 Å². The number of rotatable bonds is 6. The number of hydrogen-bond donors (Lipinski definition) is 0. The molecule has 4 heteroatoms. The third kappa shape index (κ3) is 4.49. The molecule has 0 amide bonds. The first-order valence-electron chi connectivity index (χ1n) is 5.55. The SMILES string of the molecule is CCCCS(=O)CC(=O)c1ccc(C#N)cc1. The smallest absolute Gasteiger partial charge is 0.175 e. The third-order valence-corrected chi connectivity index (χ3v) is 3.68. The van der Waals surface area contributed by atoms with Crippen molar-refractivity contribution in [1.82, 2.24) is 0 Å². The summed E-state index contributed by atoms with van der Waals surface area (Å²) < 4.78 is 11.5. The molecule has 0 aromatic heterocycles. The summed E-state index contributed by atoms with van der Waals surface area (Å²) in [5.41, 5.74) is 1.04. The number of hydrogen-bond acceptors (Lipinski definition) is 3. The first-order valence-corrected chi connectivity index (χ1v) is 7.04. The van der Waals surface area contributed by atoms with E-state index in [0.717, 1.165) is 12.8 Å². The predicted molar refractivity (Wildman–Crippen MR) is 68.3 cm³/mol. The van der Waals surface area contributed by atoms with Crippen LogP contribution in [0.5, 0.6) is 0 Å². The van der Waals surface area contributed by atoms with Crippen molar-refractivity contribution in [2.24, 2.45) is 0 Å². The normalized spacial score (nSPS) is 11.8. The topological polar surface area (TPSA) is 57.9 Å². The molecule has 3 nitrogen and oxygen atoms in total. The summed E-state index contributed by atoms with van der Waals surface area (Å²) in [7, 11) is -1.07. The molecule has 1 unspecified atom stereocenters. The van der Waals surface area contributed by atoms with Crippen molar-refractivity contribution < 1.29 is 9.00 Å². The van der Waals surface area contributed by atoms with E-state index in [1.165, 1.54) is 0 Å². The summed E-state index contributed by atoms with van der Waals surface area (Å²) in [6.07, 6.45) is 1.87. The highest BCUT2D eigenvalue weighted by molar-refractivity contribution is 7.85. The molecule has 0 N–H and O–H groups in total. The average Bonchev–Trinajstić information content (AvgIpc) is 2.36. The highest BCUT2D eigenvalue weighted by Crippen LogP contribution is 2.05. The van der Waals surface area contributed by atoms with Crippen LogP contribution >= 0.6 is 0 Å². The summed E-state index contributed by atoms with van der Waals surface area (Å²) in [5.74, 6) is 0.536. The Balaban J connectivity index is 2.58. The van der Waals surface area contributed by atoms with Crippen LogP contribution in [0.15, 0.2) is 24.3 Å². The maximum Gasteiger partial charge on any atom is 0.175 e. The fraction of sp³-hybridized carbons (Fsp3) is 0.385. The number of carbonyl (C=O) groups is 1. The summed E-state index contributed by atoms with van der Waals surface area (Å²) in [6.45, 7) is 2.03. The van der Waals surface area contributed by atoms with E-state index in [4.69, 9.17) is 5.26 Å². The maximum absolute atomic E-state index is 11.7. The lowest BCUT2D eigenvalue weighted by Gasteiger charge is -2.01. The fourth-order valence-electron chi connectivity index (χ4n) is 1.34. The third-order valence-electron chi connectivity index (χ3n) is 2.35. The van der Waals surface area contributed by atoms with Gasteiger partial charge in [0, 0.05) is 22.1 Å². The molecular weight excluding hydrogens is 234 g/mol. The van der Waals surface area contributed by atoms with Gasteiger partial charge in [0.2, 0.25) is 0 Å². The van der Waals surface area contributed by atoms with Crippen LogP contribution in [-0.2, 0) is 10.8 Å². The Labute approximate surface area is 104 Å². The lowest BCUT2D eigenvalue weighted by molar-refractivity contribution is 0.102. The van der Waals surface area contributed by atoms with Crippen molar-refractivity contribution >= 4 is 16.6 Å². The molecule has 0 aliphatic rings.